The molecule has 0 bridgehead atoms. The van der Waals surface area contributed by atoms with Crippen molar-refractivity contribution < 1.29 is 42.3 Å². The number of amides is 3. The monoisotopic (exact) mass is 512 g/mol. The molecule has 2 saturated heterocycles. The fraction of sp³-hybridized carbons (Fsp3) is 0.600. The van der Waals surface area contributed by atoms with Crippen LogP contribution in [0.5, 0.6) is 0 Å². The van der Waals surface area contributed by atoms with Gasteiger partial charge in [0.1, 0.15) is 12.1 Å². The number of hydrogen-bond acceptors (Lipinski definition) is 7. The summed E-state index contributed by atoms with van der Waals surface area (Å²) in [6, 6.07) is -3.93. The Morgan fingerprint density at radius 1 is 1.31 bits per heavy atom. The van der Waals surface area contributed by atoms with E-state index < -0.39 is 63.5 Å². The molecule has 0 saturated carbocycles. The first kappa shape index (κ1) is 27.8. The lowest BCUT2D eigenvalue weighted by Crippen LogP contribution is -2.64. The van der Waals surface area contributed by atoms with Gasteiger partial charge in [-0.25, -0.2) is 18.1 Å². The number of sulfonamides is 1. The van der Waals surface area contributed by atoms with Gasteiger partial charge >= 0.3 is 12.2 Å². The van der Waals surface area contributed by atoms with E-state index in [2.05, 4.69) is 21.4 Å². The van der Waals surface area contributed by atoms with Gasteiger partial charge in [-0.1, -0.05) is 6.08 Å². The molecule has 2 rings (SSSR count). The van der Waals surface area contributed by atoms with Crippen molar-refractivity contribution in [2.45, 2.75) is 56.7 Å². The van der Waals surface area contributed by atoms with Gasteiger partial charge in [0.25, 0.3) is 11.7 Å². The lowest BCUT2D eigenvalue weighted by Gasteiger charge is -2.43. The molecule has 2 heterocycles. The van der Waals surface area contributed by atoms with Crippen LogP contribution in [0, 0.1) is 5.92 Å². The number of ketones is 1. The SMILES string of the molecule is C=CCC(C[C@H](NC(=O)[C@@H]1CCCN2C(=O)CC[C@H](NS(C)(=O)=O)C(=O)N12)C(=O)C=[N+]=[N-])C(=O)O. The van der Waals surface area contributed by atoms with Gasteiger partial charge < -0.3 is 16.0 Å². The number of nitrogens with one attached hydrogen (secondary N) is 2. The summed E-state index contributed by atoms with van der Waals surface area (Å²) in [7, 11) is -3.80. The summed E-state index contributed by atoms with van der Waals surface area (Å²) in [5.74, 6) is -5.30. The number of fused-ring (bicyclic) bond motifs is 1. The van der Waals surface area contributed by atoms with E-state index in [0.29, 0.717) is 12.6 Å². The van der Waals surface area contributed by atoms with E-state index in [4.69, 9.17) is 5.53 Å². The second-order valence-corrected chi connectivity index (χ2v) is 10.1. The van der Waals surface area contributed by atoms with E-state index in [1.54, 1.807) is 0 Å². The minimum absolute atomic E-state index is 0.000409. The number of carboxylic acid groups (broad SMARTS) is 1. The molecule has 35 heavy (non-hydrogen) atoms. The van der Waals surface area contributed by atoms with Crippen LogP contribution < -0.4 is 10.0 Å². The number of carbonyl (C=O) groups excluding carboxylic acids is 4. The second kappa shape index (κ2) is 11.8. The van der Waals surface area contributed by atoms with Crippen molar-refractivity contribution in [1.82, 2.24) is 20.1 Å². The zero-order valence-corrected chi connectivity index (χ0v) is 19.9. The molecule has 3 N–H and O–H groups in total. The molecule has 0 radical (unpaired) electrons. The number of Topliss-reactive ketones (excluding diaryl/α,β-unsaturated/α-hetero) is 1. The smallest absolute Gasteiger partial charge is 0.325 e. The van der Waals surface area contributed by atoms with Crippen molar-refractivity contribution in [2.24, 2.45) is 5.92 Å². The highest BCUT2D eigenvalue weighted by atomic mass is 32.2. The normalized spacial score (nSPS) is 22.2. The molecule has 1 unspecified atom stereocenters. The molecule has 4 atom stereocenters. The fourth-order valence-corrected chi connectivity index (χ4v) is 4.82. The zero-order chi connectivity index (χ0) is 26.3. The molecular formula is C20H28N6O8S. The maximum atomic E-state index is 13.2. The number of allylic oxidation sites excluding steroid dienone is 1. The summed E-state index contributed by atoms with van der Waals surface area (Å²) >= 11 is 0. The molecule has 0 aromatic rings. The van der Waals surface area contributed by atoms with Gasteiger partial charge in [0.15, 0.2) is 0 Å². The van der Waals surface area contributed by atoms with E-state index in [1.807, 2.05) is 0 Å². The van der Waals surface area contributed by atoms with Crippen molar-refractivity contribution in [3.63, 3.8) is 0 Å². The molecule has 2 fully saturated rings. The molecule has 0 aliphatic carbocycles. The number of carboxylic acids is 1. The van der Waals surface area contributed by atoms with Crippen molar-refractivity contribution in [1.29, 1.82) is 0 Å². The third-order valence-electron chi connectivity index (χ3n) is 5.69. The van der Waals surface area contributed by atoms with Crippen molar-refractivity contribution in [2.75, 3.05) is 12.8 Å². The van der Waals surface area contributed by atoms with Gasteiger partial charge in [0, 0.05) is 13.0 Å². The first-order chi connectivity index (χ1) is 16.4. The molecule has 0 aromatic heterocycles. The molecule has 2 aliphatic heterocycles. The summed E-state index contributed by atoms with van der Waals surface area (Å²) < 4.78 is 25.6. The third kappa shape index (κ3) is 7.28. The van der Waals surface area contributed by atoms with E-state index in [9.17, 15) is 37.5 Å². The van der Waals surface area contributed by atoms with Gasteiger partial charge in [-0.05, 0) is 32.1 Å². The van der Waals surface area contributed by atoms with Gasteiger partial charge in [0.2, 0.25) is 21.8 Å². The largest absolute Gasteiger partial charge is 0.481 e. The van der Waals surface area contributed by atoms with E-state index in [1.165, 1.54) is 6.08 Å². The third-order valence-corrected chi connectivity index (χ3v) is 6.40. The summed E-state index contributed by atoms with van der Waals surface area (Å²) in [6.45, 7) is 3.61. The highest BCUT2D eigenvalue weighted by molar-refractivity contribution is 7.88. The quantitative estimate of drug-likeness (QED) is 0.127. The Balaban J connectivity index is 2.35. The maximum Gasteiger partial charge on any atom is 0.325 e. The van der Waals surface area contributed by atoms with Gasteiger partial charge in [0.05, 0.1) is 18.2 Å². The second-order valence-electron chi connectivity index (χ2n) is 8.34. The van der Waals surface area contributed by atoms with Gasteiger partial charge in [-0.3, -0.25) is 29.0 Å². The van der Waals surface area contributed by atoms with Crippen LogP contribution in [0.1, 0.15) is 38.5 Å². The Morgan fingerprint density at radius 2 is 2.00 bits per heavy atom. The number of carbonyl (C=O) groups is 5. The Bertz CT molecular complexity index is 1050. The van der Waals surface area contributed by atoms with Gasteiger partial charge in [-0.2, -0.15) is 4.79 Å². The number of hydrogen-bond donors (Lipinski definition) is 3. The topological polar surface area (TPSA) is 207 Å². The lowest BCUT2D eigenvalue weighted by molar-refractivity contribution is -0.176. The first-order valence-corrected chi connectivity index (χ1v) is 12.7. The zero-order valence-electron chi connectivity index (χ0n) is 19.1. The van der Waals surface area contributed by atoms with E-state index in [-0.39, 0.29) is 38.6 Å². The van der Waals surface area contributed by atoms with E-state index >= 15 is 0 Å². The summed E-state index contributed by atoms with van der Waals surface area (Å²) in [5.41, 5.74) is 8.74. The molecule has 0 spiro atoms. The Labute approximate surface area is 202 Å². The van der Waals surface area contributed by atoms with Crippen molar-refractivity contribution in [3.05, 3.63) is 18.2 Å². The minimum atomic E-state index is -3.80. The van der Waals surface area contributed by atoms with Crippen molar-refractivity contribution in [3.8, 4) is 0 Å². The highest BCUT2D eigenvalue weighted by Crippen LogP contribution is 2.25. The molecule has 3 amide bonds. The molecule has 2 aliphatic rings. The predicted molar refractivity (Wildman–Crippen MR) is 120 cm³/mol. The molecule has 0 aromatic carbocycles. The predicted octanol–water partition coefficient (Wildman–Crippen LogP) is -1.55. The minimum Gasteiger partial charge on any atom is -0.481 e. The highest BCUT2D eigenvalue weighted by Gasteiger charge is 2.45. The Morgan fingerprint density at radius 3 is 2.57 bits per heavy atom. The number of aliphatic carboxylic acids is 1. The molecule has 192 valence electrons. The van der Waals surface area contributed by atoms with Crippen LogP contribution in [0.4, 0.5) is 0 Å². The molecule has 14 nitrogen and oxygen atoms in total. The van der Waals surface area contributed by atoms with Crippen LogP contribution in [-0.4, -0.2) is 94.9 Å². The fourth-order valence-electron chi connectivity index (χ4n) is 4.08. The average molecular weight is 513 g/mol. The molecule has 15 heteroatoms. The van der Waals surface area contributed by atoms with Crippen LogP contribution in [0.25, 0.3) is 5.53 Å². The van der Waals surface area contributed by atoms with Crippen LogP contribution in [0.2, 0.25) is 0 Å². The first-order valence-electron chi connectivity index (χ1n) is 10.9. The van der Waals surface area contributed by atoms with Crippen LogP contribution in [0.15, 0.2) is 12.7 Å². The Hall–Kier alpha value is -3.42. The summed E-state index contributed by atoms with van der Waals surface area (Å²) in [4.78, 5) is 65.7. The standard InChI is InChI=1S/C20H28N6O8S/c1-3-5-12(20(31)32)10-14(16(27)11-22-21)23-18(29)15-6-4-9-25-17(28)8-7-13(19(30)26(15)25)24-35(2,33)34/h3,11-15,24H,1,4-10H2,2H3,(H,23,29)(H,31,32)/t12?,13-,14-,15-/m0/s1. The number of nitrogens with zero attached hydrogens (tertiary/aromatic N) is 4. The van der Waals surface area contributed by atoms with Crippen LogP contribution >= 0.6 is 0 Å². The molecular weight excluding hydrogens is 484 g/mol. The lowest BCUT2D eigenvalue weighted by atomic mass is 9.94. The van der Waals surface area contributed by atoms with Crippen LogP contribution in [0.3, 0.4) is 0 Å². The Kier molecular flexibility index (Phi) is 9.40. The van der Waals surface area contributed by atoms with Crippen LogP contribution in [-0.2, 0) is 34.0 Å². The maximum absolute atomic E-state index is 13.2. The van der Waals surface area contributed by atoms with Gasteiger partial charge in [-0.15, -0.1) is 6.58 Å². The summed E-state index contributed by atoms with van der Waals surface area (Å²) in [6.07, 6.45) is 2.63. The number of hydrazine groups is 1. The van der Waals surface area contributed by atoms with Crippen molar-refractivity contribution >= 4 is 45.7 Å². The number of rotatable bonds is 11. The average Bonchev–Trinajstić information content (AvgIpc) is 2.89. The summed E-state index contributed by atoms with van der Waals surface area (Å²) in [5, 5.41) is 13.8. The van der Waals surface area contributed by atoms with E-state index in [0.717, 1.165) is 16.3 Å².